The summed E-state index contributed by atoms with van der Waals surface area (Å²) in [7, 11) is 2.00. The first-order valence-electron chi connectivity index (χ1n) is 7.88. The van der Waals surface area contributed by atoms with Crippen molar-refractivity contribution in [3.63, 3.8) is 0 Å². The summed E-state index contributed by atoms with van der Waals surface area (Å²) in [5.41, 5.74) is 2.04. The molecule has 0 aliphatic carbocycles. The van der Waals surface area contributed by atoms with Crippen LogP contribution in [0.4, 0.5) is 0 Å². The van der Waals surface area contributed by atoms with Crippen LogP contribution >= 0.6 is 23.8 Å². The van der Waals surface area contributed by atoms with E-state index < -0.39 is 0 Å². The summed E-state index contributed by atoms with van der Waals surface area (Å²) < 4.78 is 2.06. The Morgan fingerprint density at radius 1 is 1.12 bits per heavy atom. The molecule has 1 saturated heterocycles. The van der Waals surface area contributed by atoms with E-state index in [0.29, 0.717) is 10.1 Å². The van der Waals surface area contributed by atoms with Crippen LogP contribution in [-0.2, 0) is 0 Å². The third-order valence-corrected chi connectivity index (χ3v) is 5.01. The van der Waals surface area contributed by atoms with Crippen molar-refractivity contribution in [3.8, 4) is 5.82 Å². The van der Waals surface area contributed by atoms with Crippen LogP contribution in [0.15, 0.2) is 61.1 Å². The minimum atomic E-state index is -0.0281. The van der Waals surface area contributed by atoms with Crippen molar-refractivity contribution in [1.82, 2.24) is 24.8 Å². The van der Waals surface area contributed by atoms with E-state index >= 15 is 0 Å². The van der Waals surface area contributed by atoms with Crippen LogP contribution in [0, 0.1) is 0 Å². The molecule has 0 aromatic carbocycles. The summed E-state index contributed by atoms with van der Waals surface area (Å²) in [5.74, 6) is 0.815. The predicted octanol–water partition coefficient (Wildman–Crippen LogP) is 3.52. The van der Waals surface area contributed by atoms with Crippen molar-refractivity contribution in [2.45, 2.75) is 12.1 Å². The third-order valence-electron chi connectivity index (χ3n) is 4.38. The molecule has 25 heavy (non-hydrogen) atoms. The highest BCUT2D eigenvalue weighted by atomic mass is 35.5. The maximum absolute atomic E-state index is 5.97. The number of hydrogen-bond donors (Lipinski definition) is 1. The largest absolute Gasteiger partial charge is 0.352 e. The van der Waals surface area contributed by atoms with Gasteiger partial charge in [-0.25, -0.2) is 4.98 Å². The molecule has 1 N–H and O–H groups in total. The zero-order valence-electron chi connectivity index (χ0n) is 13.5. The van der Waals surface area contributed by atoms with Gasteiger partial charge in [-0.1, -0.05) is 17.7 Å². The van der Waals surface area contributed by atoms with E-state index in [1.165, 1.54) is 0 Å². The predicted molar refractivity (Wildman–Crippen MR) is 102 cm³/mol. The van der Waals surface area contributed by atoms with Crippen molar-refractivity contribution < 1.29 is 0 Å². The van der Waals surface area contributed by atoms with Crippen LogP contribution in [0.25, 0.3) is 5.82 Å². The van der Waals surface area contributed by atoms with Gasteiger partial charge in [-0.15, -0.1) is 0 Å². The number of nitrogens with one attached hydrogen (secondary N) is 1. The molecule has 4 rings (SSSR count). The standard InChI is InChI=1S/C18H16ClN5S/c1-23-17(16(22-18(23)25)13-5-2-3-9-20-13)14-6-4-10-24(14)15-8-7-12(19)11-21-15/h2-11,16-17H,1H3,(H,22,25)/t16-,17-/m0/s1. The molecular weight excluding hydrogens is 354 g/mol. The van der Waals surface area contributed by atoms with Crippen LogP contribution in [0.3, 0.4) is 0 Å². The van der Waals surface area contributed by atoms with Crippen LogP contribution in [0.1, 0.15) is 23.5 Å². The van der Waals surface area contributed by atoms with Gasteiger partial charge in [-0.2, -0.15) is 0 Å². The van der Waals surface area contributed by atoms with Crippen molar-refractivity contribution in [2.75, 3.05) is 7.05 Å². The molecular formula is C18H16ClN5S. The molecule has 0 amide bonds. The molecule has 2 atom stereocenters. The maximum atomic E-state index is 5.97. The Morgan fingerprint density at radius 2 is 2.00 bits per heavy atom. The SMILES string of the molecule is CN1C(=S)N[C@@H](c2ccccn2)[C@@H]1c1cccn1-c1ccc(Cl)cn1. The fourth-order valence-electron chi connectivity index (χ4n) is 3.18. The molecule has 0 unspecified atom stereocenters. The average Bonchev–Trinajstić information content (AvgIpc) is 3.22. The van der Waals surface area contributed by atoms with Gasteiger partial charge in [-0.3, -0.25) is 4.98 Å². The summed E-state index contributed by atoms with van der Waals surface area (Å²) in [6.45, 7) is 0. The highest BCUT2D eigenvalue weighted by Gasteiger charge is 2.39. The number of rotatable bonds is 3. The van der Waals surface area contributed by atoms with Gasteiger partial charge in [-0.05, 0) is 48.6 Å². The topological polar surface area (TPSA) is 46.0 Å². The van der Waals surface area contributed by atoms with Crippen LogP contribution < -0.4 is 5.32 Å². The lowest BCUT2D eigenvalue weighted by Crippen LogP contribution is -2.26. The van der Waals surface area contributed by atoms with Crippen molar-refractivity contribution in [1.29, 1.82) is 0 Å². The van der Waals surface area contributed by atoms with Gasteiger partial charge < -0.3 is 14.8 Å². The monoisotopic (exact) mass is 369 g/mol. The van der Waals surface area contributed by atoms with Gasteiger partial charge >= 0.3 is 0 Å². The molecule has 1 aliphatic rings. The highest BCUT2D eigenvalue weighted by molar-refractivity contribution is 7.80. The van der Waals surface area contributed by atoms with Gasteiger partial charge in [0.05, 0.1) is 22.8 Å². The molecule has 0 spiro atoms. The smallest absolute Gasteiger partial charge is 0.169 e. The summed E-state index contributed by atoms with van der Waals surface area (Å²) >= 11 is 11.5. The summed E-state index contributed by atoms with van der Waals surface area (Å²) in [4.78, 5) is 11.0. The molecule has 1 aliphatic heterocycles. The van der Waals surface area contributed by atoms with Crippen molar-refractivity contribution in [2.24, 2.45) is 0 Å². The third kappa shape index (κ3) is 2.88. The Balaban J connectivity index is 1.78. The lowest BCUT2D eigenvalue weighted by Gasteiger charge is -2.25. The summed E-state index contributed by atoms with van der Waals surface area (Å²) in [6.07, 6.45) is 5.45. The summed E-state index contributed by atoms with van der Waals surface area (Å²) in [6, 6.07) is 13.7. The van der Waals surface area contributed by atoms with E-state index in [4.69, 9.17) is 23.8 Å². The Hall–Kier alpha value is -2.44. The first-order valence-corrected chi connectivity index (χ1v) is 8.67. The normalized spacial score (nSPS) is 19.9. The van der Waals surface area contributed by atoms with E-state index in [-0.39, 0.29) is 12.1 Å². The lowest BCUT2D eigenvalue weighted by molar-refractivity contribution is 0.356. The second-order valence-electron chi connectivity index (χ2n) is 5.88. The van der Waals surface area contributed by atoms with Gasteiger partial charge in [0.25, 0.3) is 0 Å². The number of likely N-dealkylation sites (N-methyl/N-ethyl adjacent to an activating group) is 1. The fourth-order valence-corrected chi connectivity index (χ4v) is 3.54. The van der Waals surface area contributed by atoms with Crippen LogP contribution in [0.5, 0.6) is 0 Å². The fraction of sp³-hybridized carbons (Fsp3) is 0.167. The van der Waals surface area contributed by atoms with Gasteiger partial charge in [0, 0.05) is 31.3 Å². The second-order valence-corrected chi connectivity index (χ2v) is 6.70. The second kappa shape index (κ2) is 6.46. The van der Waals surface area contributed by atoms with E-state index in [9.17, 15) is 0 Å². The lowest BCUT2D eigenvalue weighted by atomic mass is 10.0. The highest BCUT2D eigenvalue weighted by Crippen LogP contribution is 2.38. The molecule has 3 aromatic rings. The Morgan fingerprint density at radius 3 is 2.72 bits per heavy atom. The van der Waals surface area contributed by atoms with E-state index in [0.717, 1.165) is 17.2 Å². The average molecular weight is 370 g/mol. The minimum Gasteiger partial charge on any atom is -0.352 e. The molecule has 0 radical (unpaired) electrons. The quantitative estimate of drug-likeness (QED) is 0.716. The van der Waals surface area contributed by atoms with Crippen LogP contribution in [-0.4, -0.2) is 31.6 Å². The minimum absolute atomic E-state index is 0.00915. The number of nitrogens with zero attached hydrogens (tertiary/aromatic N) is 4. The number of aromatic nitrogens is 3. The molecule has 7 heteroatoms. The van der Waals surface area contributed by atoms with Crippen LogP contribution in [0.2, 0.25) is 5.02 Å². The molecule has 126 valence electrons. The Labute approximate surface area is 156 Å². The van der Waals surface area contributed by atoms with Crippen molar-refractivity contribution >= 4 is 28.9 Å². The Kier molecular flexibility index (Phi) is 4.15. The van der Waals surface area contributed by atoms with E-state index in [2.05, 4.69) is 30.8 Å². The first kappa shape index (κ1) is 16.1. The first-order chi connectivity index (χ1) is 12.1. The zero-order chi connectivity index (χ0) is 17.4. The van der Waals surface area contributed by atoms with E-state index in [1.54, 1.807) is 12.4 Å². The van der Waals surface area contributed by atoms with Gasteiger partial charge in [0.1, 0.15) is 5.82 Å². The molecule has 0 bridgehead atoms. The van der Waals surface area contributed by atoms with E-state index in [1.807, 2.05) is 49.6 Å². The molecule has 4 heterocycles. The number of thiocarbonyl (C=S) groups is 1. The molecule has 1 fully saturated rings. The number of hydrogen-bond acceptors (Lipinski definition) is 3. The maximum Gasteiger partial charge on any atom is 0.169 e. The van der Waals surface area contributed by atoms with Gasteiger partial charge in [0.15, 0.2) is 5.11 Å². The Bertz CT molecular complexity index is 893. The van der Waals surface area contributed by atoms with Crippen molar-refractivity contribution in [3.05, 3.63) is 77.5 Å². The summed E-state index contributed by atoms with van der Waals surface area (Å²) in [5, 5.41) is 4.71. The molecule has 3 aromatic heterocycles. The zero-order valence-corrected chi connectivity index (χ0v) is 15.1. The molecule has 5 nitrogen and oxygen atoms in total. The molecule has 0 saturated carbocycles. The number of halogens is 1. The van der Waals surface area contributed by atoms with Gasteiger partial charge in [0.2, 0.25) is 0 Å². The number of pyridine rings is 2.